The van der Waals surface area contributed by atoms with Crippen molar-refractivity contribution in [3.63, 3.8) is 0 Å². The standard InChI is InChI=1S/C21H19N5O5/c27-20(14-24-15-22-21(23-24)26(28)29)25(10-4-7-16-5-2-1-3-6-16)17-8-9-18-19(13-17)31-12-11-30-18/h1-9,13,15H,10-12,14H2. The third-order valence-electron chi connectivity index (χ3n) is 4.52. The molecule has 0 bridgehead atoms. The molecule has 3 aromatic rings. The number of amides is 1. The average molecular weight is 421 g/mol. The second-order valence-corrected chi connectivity index (χ2v) is 6.64. The van der Waals surface area contributed by atoms with Gasteiger partial charge in [-0.15, -0.1) is 0 Å². The molecule has 0 saturated carbocycles. The molecular formula is C21H19N5O5. The molecule has 0 aliphatic carbocycles. The highest BCUT2D eigenvalue weighted by molar-refractivity contribution is 5.94. The normalized spacial score (nSPS) is 12.6. The molecule has 2 heterocycles. The Morgan fingerprint density at radius 2 is 1.94 bits per heavy atom. The number of carbonyl (C=O) groups excluding carboxylic acids is 1. The number of aromatic nitrogens is 3. The Morgan fingerprint density at radius 3 is 2.68 bits per heavy atom. The smallest absolute Gasteiger partial charge is 0.486 e. The fraction of sp³-hybridized carbons (Fsp3) is 0.190. The molecule has 1 aromatic heterocycles. The minimum atomic E-state index is -0.706. The van der Waals surface area contributed by atoms with E-state index >= 15 is 0 Å². The van der Waals surface area contributed by atoms with Crippen molar-refractivity contribution in [2.75, 3.05) is 24.7 Å². The Bertz CT molecular complexity index is 1110. The first-order valence-corrected chi connectivity index (χ1v) is 9.55. The van der Waals surface area contributed by atoms with Gasteiger partial charge in [0.1, 0.15) is 19.8 Å². The van der Waals surface area contributed by atoms with E-state index < -0.39 is 10.9 Å². The average Bonchev–Trinajstić information content (AvgIpc) is 3.26. The van der Waals surface area contributed by atoms with Crippen LogP contribution in [-0.2, 0) is 11.3 Å². The lowest BCUT2D eigenvalue weighted by atomic mass is 10.2. The van der Waals surface area contributed by atoms with E-state index in [1.807, 2.05) is 42.5 Å². The summed E-state index contributed by atoms with van der Waals surface area (Å²) in [4.78, 5) is 28.3. The molecular weight excluding hydrogens is 402 g/mol. The summed E-state index contributed by atoms with van der Waals surface area (Å²) in [6.07, 6.45) is 4.95. The van der Waals surface area contributed by atoms with E-state index in [0.29, 0.717) is 30.4 Å². The quantitative estimate of drug-likeness (QED) is 0.426. The van der Waals surface area contributed by atoms with E-state index in [1.54, 1.807) is 23.1 Å². The van der Waals surface area contributed by atoms with Crippen LogP contribution in [0.2, 0.25) is 0 Å². The molecule has 10 heteroatoms. The molecule has 10 nitrogen and oxygen atoms in total. The number of nitrogens with zero attached hydrogens (tertiary/aromatic N) is 5. The monoisotopic (exact) mass is 421 g/mol. The van der Waals surface area contributed by atoms with Gasteiger partial charge in [0.2, 0.25) is 6.33 Å². The number of carbonyl (C=O) groups is 1. The van der Waals surface area contributed by atoms with Crippen LogP contribution in [0, 0.1) is 10.1 Å². The van der Waals surface area contributed by atoms with Gasteiger partial charge in [-0.2, -0.15) is 4.68 Å². The van der Waals surface area contributed by atoms with Crippen LogP contribution in [0.15, 0.2) is 60.9 Å². The van der Waals surface area contributed by atoms with E-state index in [2.05, 4.69) is 10.1 Å². The van der Waals surface area contributed by atoms with Crippen molar-refractivity contribution < 1.29 is 19.2 Å². The maximum absolute atomic E-state index is 13.1. The number of nitro groups is 1. The topological polar surface area (TPSA) is 113 Å². The van der Waals surface area contributed by atoms with E-state index in [-0.39, 0.29) is 19.0 Å². The van der Waals surface area contributed by atoms with Crippen LogP contribution in [-0.4, -0.2) is 45.4 Å². The summed E-state index contributed by atoms with van der Waals surface area (Å²) >= 11 is 0. The van der Waals surface area contributed by atoms with E-state index in [4.69, 9.17) is 9.47 Å². The summed E-state index contributed by atoms with van der Waals surface area (Å²) in [6.45, 7) is 0.986. The first kappa shape index (κ1) is 20.1. The van der Waals surface area contributed by atoms with Crippen LogP contribution in [0.1, 0.15) is 5.56 Å². The van der Waals surface area contributed by atoms with Crippen LogP contribution >= 0.6 is 0 Å². The minimum absolute atomic E-state index is 0.200. The second kappa shape index (κ2) is 9.08. The largest absolute Gasteiger partial charge is 0.490 e. The van der Waals surface area contributed by atoms with Crippen molar-refractivity contribution in [1.82, 2.24) is 14.8 Å². The number of anilines is 1. The maximum atomic E-state index is 13.1. The molecule has 0 unspecified atom stereocenters. The molecule has 31 heavy (non-hydrogen) atoms. The summed E-state index contributed by atoms with van der Waals surface area (Å²) in [7, 11) is 0. The number of hydrogen-bond acceptors (Lipinski definition) is 7. The lowest BCUT2D eigenvalue weighted by Crippen LogP contribution is -2.34. The van der Waals surface area contributed by atoms with E-state index in [0.717, 1.165) is 16.6 Å². The predicted molar refractivity (Wildman–Crippen MR) is 112 cm³/mol. The molecule has 0 fully saturated rings. The molecule has 1 aliphatic rings. The van der Waals surface area contributed by atoms with Gasteiger partial charge in [-0.3, -0.25) is 4.79 Å². The van der Waals surface area contributed by atoms with Crippen molar-refractivity contribution >= 4 is 23.6 Å². The molecule has 0 N–H and O–H groups in total. The Balaban J connectivity index is 1.57. The van der Waals surface area contributed by atoms with E-state index in [1.165, 1.54) is 0 Å². The maximum Gasteiger partial charge on any atom is 0.490 e. The van der Waals surface area contributed by atoms with Crippen molar-refractivity contribution in [2.45, 2.75) is 6.54 Å². The second-order valence-electron chi connectivity index (χ2n) is 6.64. The van der Waals surface area contributed by atoms with Gasteiger partial charge in [-0.05, 0) is 22.6 Å². The number of fused-ring (bicyclic) bond motifs is 1. The lowest BCUT2D eigenvalue weighted by Gasteiger charge is -2.24. The highest BCUT2D eigenvalue weighted by Gasteiger charge is 2.22. The van der Waals surface area contributed by atoms with Crippen molar-refractivity contribution in [1.29, 1.82) is 0 Å². The summed E-state index contributed by atoms with van der Waals surface area (Å²) in [5, 5.41) is 14.5. The fourth-order valence-corrected chi connectivity index (χ4v) is 3.08. The van der Waals surface area contributed by atoms with Gasteiger partial charge in [0, 0.05) is 23.4 Å². The fourth-order valence-electron chi connectivity index (χ4n) is 3.08. The number of benzene rings is 2. The SMILES string of the molecule is O=C(Cn1cnc([N+](=O)[O-])n1)N(CC=Cc1ccccc1)c1ccc2c(c1)OCCO2. The molecule has 1 aliphatic heterocycles. The molecule has 0 spiro atoms. The van der Waals surface area contributed by atoms with E-state index in [9.17, 15) is 14.9 Å². The first-order valence-electron chi connectivity index (χ1n) is 9.55. The molecule has 0 saturated heterocycles. The van der Waals surface area contributed by atoms with Crippen molar-refractivity contribution in [3.05, 3.63) is 76.6 Å². The predicted octanol–water partition coefficient (Wildman–Crippen LogP) is 2.70. The van der Waals surface area contributed by atoms with Crippen LogP contribution < -0.4 is 14.4 Å². The Hall–Kier alpha value is -4.21. The van der Waals surface area contributed by atoms with Gasteiger partial charge in [-0.1, -0.05) is 47.5 Å². The third-order valence-corrected chi connectivity index (χ3v) is 4.52. The highest BCUT2D eigenvalue weighted by Crippen LogP contribution is 2.34. The lowest BCUT2D eigenvalue weighted by molar-refractivity contribution is -0.394. The first-order chi connectivity index (χ1) is 15.1. The summed E-state index contributed by atoms with van der Waals surface area (Å²) in [5.74, 6) is 0.316. The summed E-state index contributed by atoms with van der Waals surface area (Å²) < 4.78 is 12.3. The number of ether oxygens (including phenoxy) is 2. The zero-order valence-corrected chi connectivity index (χ0v) is 16.5. The van der Waals surface area contributed by atoms with Crippen LogP contribution in [0.5, 0.6) is 11.5 Å². The zero-order chi connectivity index (χ0) is 21.6. The Kier molecular flexibility index (Phi) is 5.88. The summed E-state index contributed by atoms with van der Waals surface area (Å²) in [6, 6.07) is 15.0. The van der Waals surface area contributed by atoms with Gasteiger partial charge in [0.05, 0.1) is 0 Å². The van der Waals surface area contributed by atoms with Gasteiger partial charge >= 0.3 is 5.95 Å². The third kappa shape index (κ3) is 4.86. The molecule has 1 amide bonds. The molecule has 2 aromatic carbocycles. The van der Waals surface area contributed by atoms with Crippen LogP contribution in [0.25, 0.3) is 6.08 Å². The van der Waals surface area contributed by atoms with Gasteiger partial charge in [0.25, 0.3) is 5.91 Å². The Morgan fingerprint density at radius 1 is 1.16 bits per heavy atom. The van der Waals surface area contributed by atoms with Gasteiger partial charge in [0.15, 0.2) is 11.5 Å². The molecule has 0 radical (unpaired) electrons. The van der Waals surface area contributed by atoms with Crippen LogP contribution in [0.4, 0.5) is 11.6 Å². The molecule has 158 valence electrons. The zero-order valence-electron chi connectivity index (χ0n) is 16.5. The van der Waals surface area contributed by atoms with Crippen LogP contribution in [0.3, 0.4) is 0 Å². The number of hydrogen-bond donors (Lipinski definition) is 0. The van der Waals surface area contributed by atoms with Crippen molar-refractivity contribution in [2.24, 2.45) is 0 Å². The number of rotatable bonds is 7. The minimum Gasteiger partial charge on any atom is -0.486 e. The molecule has 4 rings (SSSR count). The molecule has 0 atom stereocenters. The van der Waals surface area contributed by atoms with Gasteiger partial charge in [-0.25, -0.2) is 0 Å². The highest BCUT2D eigenvalue weighted by atomic mass is 16.6. The van der Waals surface area contributed by atoms with Gasteiger partial charge < -0.3 is 24.5 Å². The summed E-state index contributed by atoms with van der Waals surface area (Å²) in [5.41, 5.74) is 1.62. The Labute approximate surface area is 177 Å². The van der Waals surface area contributed by atoms with Crippen molar-refractivity contribution in [3.8, 4) is 11.5 Å².